The van der Waals surface area contributed by atoms with E-state index in [1.165, 1.54) is 6.42 Å². The molecule has 0 aromatic heterocycles. The summed E-state index contributed by atoms with van der Waals surface area (Å²) >= 11 is 0. The van der Waals surface area contributed by atoms with E-state index in [1.807, 2.05) is 31.2 Å². The van der Waals surface area contributed by atoms with Crippen LogP contribution in [0, 0.1) is 11.8 Å². The molecule has 3 fully saturated rings. The van der Waals surface area contributed by atoms with Crippen LogP contribution in [0.3, 0.4) is 0 Å². The predicted molar refractivity (Wildman–Crippen MR) is 104 cm³/mol. The molecule has 6 rings (SSSR count). The van der Waals surface area contributed by atoms with Crippen molar-refractivity contribution in [2.75, 3.05) is 7.05 Å². The van der Waals surface area contributed by atoms with E-state index < -0.39 is 5.41 Å². The Kier molecular flexibility index (Phi) is 3.08. The number of hydrogen-bond donors (Lipinski definition) is 0. The van der Waals surface area contributed by atoms with Crippen LogP contribution in [-0.2, 0) is 14.9 Å². The van der Waals surface area contributed by atoms with Gasteiger partial charge in [0.15, 0.2) is 0 Å². The third kappa shape index (κ3) is 1.98. The fourth-order valence-corrected chi connectivity index (χ4v) is 6.33. The van der Waals surface area contributed by atoms with Gasteiger partial charge >= 0.3 is 5.97 Å². The van der Waals surface area contributed by atoms with Crippen molar-refractivity contribution >= 4 is 5.97 Å². The van der Waals surface area contributed by atoms with E-state index in [0.29, 0.717) is 12.1 Å². The van der Waals surface area contributed by atoms with Crippen LogP contribution in [0.2, 0.25) is 0 Å². The molecule has 0 spiro atoms. The number of nitrogens with zero attached hydrogens (tertiary/aromatic N) is 1. The van der Waals surface area contributed by atoms with Crippen molar-refractivity contribution in [3.63, 3.8) is 0 Å². The Morgan fingerprint density at radius 2 is 1.44 bits per heavy atom. The number of rotatable bonds is 2. The van der Waals surface area contributed by atoms with Gasteiger partial charge in [0.25, 0.3) is 0 Å². The van der Waals surface area contributed by atoms with Crippen LogP contribution < -0.4 is 0 Å². The topological polar surface area (TPSA) is 29.5 Å². The first-order chi connectivity index (χ1) is 13.1. The van der Waals surface area contributed by atoms with E-state index in [9.17, 15) is 4.79 Å². The van der Waals surface area contributed by atoms with Gasteiger partial charge in [-0.3, -0.25) is 9.69 Å². The molecule has 27 heavy (non-hydrogen) atoms. The zero-order valence-electron chi connectivity index (χ0n) is 15.9. The molecular formula is C24H25NO2. The Hall–Kier alpha value is -2.13. The number of hydrogen-bond acceptors (Lipinski definition) is 3. The van der Waals surface area contributed by atoms with E-state index in [-0.39, 0.29) is 12.1 Å². The van der Waals surface area contributed by atoms with E-state index in [1.54, 1.807) is 0 Å². The number of carbonyl (C=O) groups excluding carboxylic acids is 1. The maximum Gasteiger partial charge on any atom is 0.321 e. The zero-order valence-corrected chi connectivity index (χ0v) is 15.9. The third-order valence-electron chi connectivity index (χ3n) is 7.84. The van der Waals surface area contributed by atoms with Gasteiger partial charge in [-0.1, -0.05) is 48.5 Å². The lowest BCUT2D eigenvalue weighted by atomic mass is 9.80. The minimum absolute atomic E-state index is 0.0632. The monoisotopic (exact) mass is 359 g/mol. The van der Waals surface area contributed by atoms with Crippen molar-refractivity contribution in [2.24, 2.45) is 11.8 Å². The summed E-state index contributed by atoms with van der Waals surface area (Å²) in [4.78, 5) is 16.1. The lowest BCUT2D eigenvalue weighted by Gasteiger charge is -2.39. The molecule has 2 aromatic carbocycles. The first-order valence-corrected chi connectivity index (χ1v) is 10.2. The molecule has 3 nitrogen and oxygen atoms in total. The second-order valence-electron chi connectivity index (χ2n) is 9.08. The second-order valence-corrected chi connectivity index (χ2v) is 9.08. The van der Waals surface area contributed by atoms with Crippen LogP contribution >= 0.6 is 0 Å². The van der Waals surface area contributed by atoms with E-state index in [4.69, 9.17) is 4.74 Å². The molecule has 2 aliphatic heterocycles. The molecule has 2 bridgehead atoms. The summed E-state index contributed by atoms with van der Waals surface area (Å²) in [5, 5.41) is 0. The van der Waals surface area contributed by atoms with Crippen molar-refractivity contribution in [2.45, 2.75) is 49.8 Å². The molecule has 2 aromatic rings. The highest BCUT2D eigenvalue weighted by atomic mass is 16.5. The Morgan fingerprint density at radius 1 is 0.926 bits per heavy atom. The minimum Gasteiger partial charge on any atom is -0.461 e. The highest BCUT2D eigenvalue weighted by Gasteiger charge is 2.61. The number of carbonyl (C=O) groups is 1. The molecule has 5 atom stereocenters. The van der Waals surface area contributed by atoms with Crippen LogP contribution in [0.15, 0.2) is 48.5 Å². The highest BCUT2D eigenvalue weighted by molar-refractivity contribution is 5.97. The molecular weight excluding hydrogens is 334 g/mol. The number of ether oxygens (including phenoxy) is 1. The number of piperidine rings is 2. The van der Waals surface area contributed by atoms with Gasteiger partial charge in [0.1, 0.15) is 11.5 Å². The maximum atomic E-state index is 13.5. The Balaban J connectivity index is 1.33. The Bertz CT molecular complexity index is 887. The van der Waals surface area contributed by atoms with Crippen LogP contribution in [0.25, 0.3) is 11.1 Å². The van der Waals surface area contributed by atoms with Crippen molar-refractivity contribution in [3.8, 4) is 11.1 Å². The molecule has 0 amide bonds. The molecule has 3 heteroatoms. The largest absolute Gasteiger partial charge is 0.461 e. The fraction of sp³-hybridized carbons (Fsp3) is 0.458. The van der Waals surface area contributed by atoms with Crippen molar-refractivity contribution in [1.29, 1.82) is 0 Å². The van der Waals surface area contributed by atoms with E-state index in [0.717, 1.165) is 46.9 Å². The summed E-state index contributed by atoms with van der Waals surface area (Å²) in [6, 6.07) is 17.8. The van der Waals surface area contributed by atoms with E-state index >= 15 is 0 Å². The van der Waals surface area contributed by atoms with Gasteiger partial charge < -0.3 is 4.74 Å². The van der Waals surface area contributed by atoms with Gasteiger partial charge in [0.2, 0.25) is 0 Å². The van der Waals surface area contributed by atoms with Gasteiger partial charge in [-0.25, -0.2) is 0 Å². The molecule has 0 radical (unpaired) electrons. The normalized spacial score (nSPS) is 34.5. The Labute approximate surface area is 160 Å². The minimum atomic E-state index is -0.710. The second kappa shape index (κ2) is 5.23. The van der Waals surface area contributed by atoms with Crippen molar-refractivity contribution in [3.05, 3.63) is 59.7 Å². The molecule has 2 saturated heterocycles. The maximum absolute atomic E-state index is 13.5. The van der Waals surface area contributed by atoms with Crippen molar-refractivity contribution < 1.29 is 9.53 Å². The summed E-state index contributed by atoms with van der Waals surface area (Å²) in [6.07, 6.45) is 3.45. The lowest BCUT2D eigenvalue weighted by molar-refractivity contribution is -0.157. The highest BCUT2D eigenvalue weighted by Crippen LogP contribution is 2.58. The first kappa shape index (κ1) is 15.9. The summed E-state index contributed by atoms with van der Waals surface area (Å²) in [7, 11) is 2.25. The number of esters is 1. The molecule has 1 saturated carbocycles. The molecule has 2 unspecified atom stereocenters. The van der Waals surface area contributed by atoms with Crippen LogP contribution in [0.4, 0.5) is 0 Å². The van der Waals surface area contributed by atoms with Crippen LogP contribution in [0.1, 0.15) is 37.3 Å². The quantitative estimate of drug-likeness (QED) is 0.759. The smallest absolute Gasteiger partial charge is 0.321 e. The SMILES string of the molecule is CN1C2C[C@H](OC(=O)C3(C)c4ccccc4-c4ccccc43)C[C@H]1[C@H]1CC21. The van der Waals surface area contributed by atoms with Gasteiger partial charge in [-0.2, -0.15) is 0 Å². The standard InChI is InChI=1S/C24H25NO2/c1-24(19-9-5-3-7-15(19)16-8-4-6-10-20(16)24)23(26)27-14-11-21-17-13-18(17)22(12-14)25(21)2/h3-10,14,17-18,21-22H,11-13H2,1-2H3/t14-,17+,18?,21+,22?/m1/s1. The summed E-state index contributed by atoms with van der Waals surface area (Å²) in [6.45, 7) is 2.04. The number of fused-ring (bicyclic) bond motifs is 8. The molecule has 2 aliphatic carbocycles. The molecule has 138 valence electrons. The van der Waals surface area contributed by atoms with Gasteiger partial charge in [-0.05, 0) is 54.5 Å². The van der Waals surface area contributed by atoms with Gasteiger partial charge in [0.05, 0.1) is 0 Å². The predicted octanol–water partition coefficient (Wildman–Crippen LogP) is 4.00. The summed E-state index contributed by atoms with van der Waals surface area (Å²) < 4.78 is 6.22. The lowest BCUT2D eigenvalue weighted by Crippen LogP contribution is -2.48. The first-order valence-electron chi connectivity index (χ1n) is 10.2. The van der Waals surface area contributed by atoms with E-state index in [2.05, 4.69) is 36.2 Å². The van der Waals surface area contributed by atoms with Gasteiger partial charge in [-0.15, -0.1) is 0 Å². The Morgan fingerprint density at radius 3 is 2.00 bits per heavy atom. The third-order valence-corrected chi connectivity index (χ3v) is 7.84. The van der Waals surface area contributed by atoms with Gasteiger partial charge in [0, 0.05) is 24.9 Å². The van der Waals surface area contributed by atoms with Crippen molar-refractivity contribution in [1.82, 2.24) is 4.90 Å². The zero-order chi connectivity index (χ0) is 18.3. The van der Waals surface area contributed by atoms with Crippen LogP contribution in [-0.4, -0.2) is 36.1 Å². The molecule has 2 heterocycles. The molecule has 4 aliphatic rings. The fourth-order valence-electron chi connectivity index (χ4n) is 6.33. The number of benzene rings is 2. The average Bonchev–Trinajstić information content (AvgIpc) is 3.40. The van der Waals surface area contributed by atoms with Crippen LogP contribution in [0.5, 0.6) is 0 Å². The average molecular weight is 359 g/mol. The molecule has 0 N–H and O–H groups in total. The summed E-state index contributed by atoms with van der Waals surface area (Å²) in [5.41, 5.74) is 3.78. The summed E-state index contributed by atoms with van der Waals surface area (Å²) in [5.74, 6) is 1.63.